The van der Waals surface area contributed by atoms with E-state index in [1.54, 1.807) is 0 Å². The molecule has 0 aromatic heterocycles. The maximum absolute atomic E-state index is 9.00. The normalized spacial score (nSPS) is 14.3. The lowest BCUT2D eigenvalue weighted by molar-refractivity contribution is -0.134. The number of nitrogens with one attached hydrogen (secondary N) is 1. The summed E-state index contributed by atoms with van der Waals surface area (Å²) in [6.07, 6.45) is 0. The molecule has 0 unspecified atom stereocenters. The van der Waals surface area contributed by atoms with Gasteiger partial charge in [0.2, 0.25) is 0 Å². The predicted octanol–water partition coefficient (Wildman–Crippen LogP) is -1.00. The van der Waals surface area contributed by atoms with Gasteiger partial charge in [-0.05, 0) is 0 Å². The SMILES string of the molecule is CC(=O)O.NC1=NCCN1. The third-order valence-electron chi connectivity index (χ3n) is 0.700. The summed E-state index contributed by atoms with van der Waals surface area (Å²) in [5.41, 5.74) is 5.17. The van der Waals surface area contributed by atoms with Gasteiger partial charge in [-0.3, -0.25) is 9.79 Å². The van der Waals surface area contributed by atoms with E-state index in [4.69, 9.17) is 15.6 Å². The van der Waals surface area contributed by atoms with Crippen molar-refractivity contribution in [3.63, 3.8) is 0 Å². The molecule has 0 amide bonds. The molecule has 4 N–H and O–H groups in total. The Bertz CT molecular complexity index is 140. The lowest BCUT2D eigenvalue weighted by atomic mass is 10.7. The van der Waals surface area contributed by atoms with Gasteiger partial charge in [0.25, 0.3) is 5.97 Å². The molecule has 1 rings (SSSR count). The molecule has 0 aromatic carbocycles. The maximum Gasteiger partial charge on any atom is 0.300 e. The smallest absolute Gasteiger partial charge is 0.300 e. The summed E-state index contributed by atoms with van der Waals surface area (Å²) in [5, 5.41) is 10.3. The first-order valence-corrected chi connectivity index (χ1v) is 2.86. The minimum atomic E-state index is -0.833. The standard InChI is InChI=1S/C3H7N3.C2H4O2/c4-3-5-1-2-6-3;1-2(3)4/h1-2H2,(H3,4,5,6);1H3,(H,3,4). The first-order valence-electron chi connectivity index (χ1n) is 2.86. The van der Waals surface area contributed by atoms with Gasteiger partial charge < -0.3 is 16.2 Å². The van der Waals surface area contributed by atoms with Crippen LogP contribution in [0, 0.1) is 0 Å². The van der Waals surface area contributed by atoms with E-state index in [2.05, 4.69) is 10.3 Å². The second-order valence-electron chi connectivity index (χ2n) is 1.71. The molecular formula is C5H11N3O2. The van der Waals surface area contributed by atoms with Crippen LogP contribution in [-0.2, 0) is 4.79 Å². The van der Waals surface area contributed by atoms with Crippen molar-refractivity contribution >= 4 is 11.9 Å². The van der Waals surface area contributed by atoms with Crippen LogP contribution in [0.25, 0.3) is 0 Å². The summed E-state index contributed by atoms with van der Waals surface area (Å²) in [6, 6.07) is 0. The Morgan fingerprint density at radius 2 is 2.40 bits per heavy atom. The quantitative estimate of drug-likeness (QED) is 0.407. The molecule has 1 aliphatic heterocycles. The average molecular weight is 145 g/mol. The van der Waals surface area contributed by atoms with E-state index in [1.807, 2.05) is 0 Å². The van der Waals surface area contributed by atoms with Crippen LogP contribution in [0.2, 0.25) is 0 Å². The third kappa shape index (κ3) is 6.74. The summed E-state index contributed by atoms with van der Waals surface area (Å²) in [4.78, 5) is 12.8. The van der Waals surface area contributed by atoms with E-state index in [0.29, 0.717) is 5.96 Å². The zero-order valence-corrected chi connectivity index (χ0v) is 5.79. The minimum absolute atomic E-state index is 0.579. The van der Waals surface area contributed by atoms with Crippen molar-refractivity contribution in [3.05, 3.63) is 0 Å². The fraction of sp³-hybridized carbons (Fsp3) is 0.600. The summed E-state index contributed by atoms with van der Waals surface area (Å²) in [7, 11) is 0. The number of nitrogens with two attached hydrogens (primary N) is 1. The van der Waals surface area contributed by atoms with E-state index >= 15 is 0 Å². The number of aliphatic imine (C=N–C) groups is 1. The lowest BCUT2D eigenvalue weighted by Gasteiger charge is -1.85. The van der Waals surface area contributed by atoms with Crippen molar-refractivity contribution in [2.24, 2.45) is 10.7 Å². The molecule has 0 radical (unpaired) electrons. The van der Waals surface area contributed by atoms with Gasteiger partial charge in [-0.25, -0.2) is 0 Å². The number of aliphatic carboxylic acids is 1. The highest BCUT2D eigenvalue weighted by molar-refractivity contribution is 5.79. The summed E-state index contributed by atoms with van der Waals surface area (Å²) in [5.74, 6) is -0.255. The van der Waals surface area contributed by atoms with Crippen LogP contribution in [0.15, 0.2) is 4.99 Å². The van der Waals surface area contributed by atoms with Gasteiger partial charge >= 0.3 is 0 Å². The molecule has 5 heteroatoms. The van der Waals surface area contributed by atoms with E-state index in [9.17, 15) is 0 Å². The molecule has 58 valence electrons. The van der Waals surface area contributed by atoms with E-state index in [1.165, 1.54) is 0 Å². The molecule has 5 nitrogen and oxygen atoms in total. The lowest BCUT2D eigenvalue weighted by Crippen LogP contribution is -2.26. The molecular weight excluding hydrogens is 134 g/mol. The van der Waals surface area contributed by atoms with Gasteiger partial charge in [-0.2, -0.15) is 0 Å². The van der Waals surface area contributed by atoms with E-state index in [-0.39, 0.29) is 0 Å². The zero-order valence-electron chi connectivity index (χ0n) is 5.79. The number of carbonyl (C=O) groups is 1. The monoisotopic (exact) mass is 145 g/mol. The molecule has 1 aliphatic rings. The Labute approximate surface area is 58.9 Å². The molecule has 0 fully saturated rings. The first-order chi connectivity index (χ1) is 4.63. The molecule has 0 saturated heterocycles. The van der Waals surface area contributed by atoms with Crippen LogP contribution in [0.3, 0.4) is 0 Å². The molecule has 0 aliphatic carbocycles. The van der Waals surface area contributed by atoms with Gasteiger partial charge in [0.05, 0.1) is 6.54 Å². The fourth-order valence-electron chi connectivity index (χ4n) is 0.416. The van der Waals surface area contributed by atoms with Crippen LogP contribution in [0.5, 0.6) is 0 Å². The number of hydrogen-bond acceptors (Lipinski definition) is 4. The predicted molar refractivity (Wildman–Crippen MR) is 37.8 cm³/mol. The number of nitrogens with zero attached hydrogens (tertiary/aromatic N) is 1. The number of guanidine groups is 1. The highest BCUT2D eigenvalue weighted by atomic mass is 16.4. The minimum Gasteiger partial charge on any atom is -0.481 e. The molecule has 1 heterocycles. The maximum atomic E-state index is 9.00. The highest BCUT2D eigenvalue weighted by Crippen LogP contribution is 1.74. The molecule has 0 spiro atoms. The summed E-state index contributed by atoms with van der Waals surface area (Å²) < 4.78 is 0. The molecule has 10 heavy (non-hydrogen) atoms. The van der Waals surface area contributed by atoms with Crippen LogP contribution in [-0.4, -0.2) is 30.1 Å². The zero-order chi connectivity index (χ0) is 7.98. The number of carboxylic acids is 1. The molecule has 0 aromatic rings. The molecule has 0 atom stereocenters. The van der Waals surface area contributed by atoms with Crippen LogP contribution < -0.4 is 11.1 Å². The largest absolute Gasteiger partial charge is 0.481 e. The average Bonchev–Trinajstić information content (AvgIpc) is 2.15. The van der Waals surface area contributed by atoms with Crippen LogP contribution >= 0.6 is 0 Å². The Morgan fingerprint density at radius 1 is 1.90 bits per heavy atom. The van der Waals surface area contributed by atoms with Gasteiger partial charge in [0.1, 0.15) is 0 Å². The van der Waals surface area contributed by atoms with Crippen LogP contribution in [0.1, 0.15) is 6.92 Å². The highest BCUT2D eigenvalue weighted by Gasteiger charge is 1.94. The topological polar surface area (TPSA) is 87.7 Å². The van der Waals surface area contributed by atoms with E-state index in [0.717, 1.165) is 20.0 Å². The third-order valence-corrected chi connectivity index (χ3v) is 0.700. The number of rotatable bonds is 0. The van der Waals surface area contributed by atoms with Gasteiger partial charge in [0, 0.05) is 13.5 Å². The van der Waals surface area contributed by atoms with Gasteiger partial charge in [0.15, 0.2) is 5.96 Å². The van der Waals surface area contributed by atoms with Crippen molar-refractivity contribution in [2.45, 2.75) is 6.92 Å². The van der Waals surface area contributed by atoms with Crippen molar-refractivity contribution in [2.75, 3.05) is 13.1 Å². The van der Waals surface area contributed by atoms with Gasteiger partial charge in [-0.15, -0.1) is 0 Å². The summed E-state index contributed by atoms with van der Waals surface area (Å²) >= 11 is 0. The second kappa shape index (κ2) is 4.60. The summed E-state index contributed by atoms with van der Waals surface area (Å²) in [6.45, 7) is 2.83. The van der Waals surface area contributed by atoms with Crippen molar-refractivity contribution in [1.82, 2.24) is 5.32 Å². The number of hydrogen-bond donors (Lipinski definition) is 3. The van der Waals surface area contributed by atoms with Gasteiger partial charge in [-0.1, -0.05) is 0 Å². The Morgan fingerprint density at radius 3 is 2.50 bits per heavy atom. The van der Waals surface area contributed by atoms with E-state index < -0.39 is 5.97 Å². The molecule has 0 saturated carbocycles. The van der Waals surface area contributed by atoms with Crippen molar-refractivity contribution in [3.8, 4) is 0 Å². The van der Waals surface area contributed by atoms with Crippen LogP contribution in [0.4, 0.5) is 0 Å². The van der Waals surface area contributed by atoms with Crippen molar-refractivity contribution < 1.29 is 9.90 Å². The Hall–Kier alpha value is -1.26. The molecule has 0 bridgehead atoms. The van der Waals surface area contributed by atoms with Crippen molar-refractivity contribution in [1.29, 1.82) is 0 Å². The fourth-order valence-corrected chi connectivity index (χ4v) is 0.416. The Balaban J connectivity index is 0.000000180. The first kappa shape index (κ1) is 8.74. The second-order valence-corrected chi connectivity index (χ2v) is 1.71. The number of carboxylic acid groups (broad SMARTS) is 1. The Kier molecular flexibility index (Phi) is 4.02.